The number of hydrogen-bond donors (Lipinski definition) is 0. The number of alkyl halides is 3. The second-order valence-corrected chi connectivity index (χ2v) is 3.28. The van der Waals surface area contributed by atoms with Gasteiger partial charge >= 0.3 is 6.18 Å². The van der Waals surface area contributed by atoms with Gasteiger partial charge in [0.05, 0.1) is 5.69 Å². The van der Waals surface area contributed by atoms with Crippen molar-refractivity contribution in [3.63, 3.8) is 0 Å². The van der Waals surface area contributed by atoms with Gasteiger partial charge in [-0.3, -0.25) is 4.98 Å². The van der Waals surface area contributed by atoms with E-state index in [0.29, 0.717) is 5.56 Å². The highest BCUT2D eigenvalue weighted by atomic mass is 19.4. The fourth-order valence-corrected chi connectivity index (χ4v) is 1.28. The molecule has 0 aromatic carbocycles. The van der Waals surface area contributed by atoms with Gasteiger partial charge in [-0.25, -0.2) is 4.98 Å². The molecular formula is C11H6F4N2. The van der Waals surface area contributed by atoms with E-state index in [0.717, 1.165) is 18.3 Å². The van der Waals surface area contributed by atoms with Gasteiger partial charge in [-0.1, -0.05) is 6.07 Å². The van der Waals surface area contributed by atoms with Crippen LogP contribution < -0.4 is 0 Å². The van der Waals surface area contributed by atoms with Crippen molar-refractivity contribution in [3.05, 3.63) is 48.2 Å². The minimum Gasteiger partial charge on any atom is -0.251 e. The summed E-state index contributed by atoms with van der Waals surface area (Å²) in [5.41, 5.74) is -0.415. The SMILES string of the molecule is Fc1cccc(-c2ccc(C(F)(F)F)nc2)n1. The molecule has 0 aliphatic rings. The average molecular weight is 242 g/mol. The van der Waals surface area contributed by atoms with Crippen LogP contribution in [-0.4, -0.2) is 9.97 Å². The lowest BCUT2D eigenvalue weighted by molar-refractivity contribution is -0.141. The molecule has 2 rings (SSSR count). The summed E-state index contributed by atoms with van der Waals surface area (Å²) in [6.45, 7) is 0. The summed E-state index contributed by atoms with van der Waals surface area (Å²) in [7, 11) is 0. The van der Waals surface area contributed by atoms with E-state index in [4.69, 9.17) is 0 Å². The quantitative estimate of drug-likeness (QED) is 0.566. The number of hydrogen-bond acceptors (Lipinski definition) is 2. The van der Waals surface area contributed by atoms with Gasteiger partial charge in [0, 0.05) is 11.8 Å². The van der Waals surface area contributed by atoms with Gasteiger partial charge in [-0.05, 0) is 24.3 Å². The van der Waals surface area contributed by atoms with Gasteiger partial charge in [0.1, 0.15) is 5.69 Å². The van der Waals surface area contributed by atoms with Crippen LogP contribution in [0.2, 0.25) is 0 Å². The van der Waals surface area contributed by atoms with Crippen LogP contribution in [-0.2, 0) is 6.18 Å². The van der Waals surface area contributed by atoms with E-state index in [-0.39, 0.29) is 5.69 Å². The molecular weight excluding hydrogens is 236 g/mol. The summed E-state index contributed by atoms with van der Waals surface area (Å²) in [6, 6.07) is 6.11. The van der Waals surface area contributed by atoms with Crippen LogP contribution in [0.1, 0.15) is 5.69 Å². The summed E-state index contributed by atoms with van der Waals surface area (Å²) < 4.78 is 49.6. The zero-order valence-corrected chi connectivity index (χ0v) is 8.37. The predicted molar refractivity (Wildman–Crippen MR) is 52.4 cm³/mol. The smallest absolute Gasteiger partial charge is 0.251 e. The predicted octanol–water partition coefficient (Wildman–Crippen LogP) is 3.30. The molecule has 0 aliphatic carbocycles. The number of aromatic nitrogens is 2. The second kappa shape index (κ2) is 4.12. The number of halogens is 4. The van der Waals surface area contributed by atoms with Crippen molar-refractivity contribution in [3.8, 4) is 11.3 Å². The number of pyridine rings is 2. The first kappa shape index (κ1) is 11.5. The lowest BCUT2D eigenvalue weighted by Crippen LogP contribution is -2.07. The van der Waals surface area contributed by atoms with E-state index in [2.05, 4.69) is 9.97 Å². The van der Waals surface area contributed by atoms with Crippen molar-refractivity contribution in [1.82, 2.24) is 9.97 Å². The molecule has 0 amide bonds. The first-order chi connectivity index (χ1) is 7.97. The van der Waals surface area contributed by atoms with E-state index in [1.807, 2.05) is 0 Å². The Bertz CT molecular complexity index is 520. The molecule has 0 radical (unpaired) electrons. The van der Waals surface area contributed by atoms with Crippen molar-refractivity contribution >= 4 is 0 Å². The molecule has 0 unspecified atom stereocenters. The van der Waals surface area contributed by atoms with Crippen molar-refractivity contribution in [1.29, 1.82) is 0 Å². The molecule has 17 heavy (non-hydrogen) atoms. The third-order valence-electron chi connectivity index (χ3n) is 2.06. The topological polar surface area (TPSA) is 25.8 Å². The molecule has 0 atom stereocenters. The summed E-state index contributed by atoms with van der Waals surface area (Å²) in [6.07, 6.45) is -3.46. The van der Waals surface area contributed by atoms with Crippen molar-refractivity contribution in [2.24, 2.45) is 0 Å². The largest absolute Gasteiger partial charge is 0.433 e. The molecule has 2 nitrogen and oxygen atoms in total. The van der Waals surface area contributed by atoms with Crippen LogP contribution in [0.5, 0.6) is 0 Å². The van der Waals surface area contributed by atoms with Gasteiger partial charge in [0.2, 0.25) is 5.95 Å². The van der Waals surface area contributed by atoms with Crippen LogP contribution in [0.3, 0.4) is 0 Å². The third-order valence-corrected chi connectivity index (χ3v) is 2.06. The maximum Gasteiger partial charge on any atom is 0.433 e. The Balaban J connectivity index is 2.36. The lowest BCUT2D eigenvalue weighted by atomic mass is 10.2. The van der Waals surface area contributed by atoms with E-state index in [1.54, 1.807) is 0 Å². The van der Waals surface area contributed by atoms with Crippen molar-refractivity contribution < 1.29 is 17.6 Å². The fourth-order valence-electron chi connectivity index (χ4n) is 1.28. The Morgan fingerprint density at radius 2 is 1.76 bits per heavy atom. The highest BCUT2D eigenvalue weighted by Crippen LogP contribution is 2.28. The Morgan fingerprint density at radius 3 is 2.29 bits per heavy atom. The van der Waals surface area contributed by atoms with Gasteiger partial charge in [0.25, 0.3) is 0 Å². The molecule has 0 fully saturated rings. The Hall–Kier alpha value is -1.98. The molecule has 88 valence electrons. The maximum absolute atomic E-state index is 12.8. The van der Waals surface area contributed by atoms with Crippen molar-refractivity contribution in [2.45, 2.75) is 6.18 Å². The molecule has 2 heterocycles. The van der Waals surface area contributed by atoms with Gasteiger partial charge in [-0.15, -0.1) is 0 Å². The van der Waals surface area contributed by atoms with Crippen LogP contribution in [0.4, 0.5) is 17.6 Å². The van der Waals surface area contributed by atoms with Crippen LogP contribution in [0, 0.1) is 5.95 Å². The minimum atomic E-state index is -4.48. The van der Waals surface area contributed by atoms with Crippen molar-refractivity contribution in [2.75, 3.05) is 0 Å². The molecule has 0 saturated carbocycles. The zero-order valence-electron chi connectivity index (χ0n) is 8.37. The van der Waals surface area contributed by atoms with Crippen LogP contribution in [0.15, 0.2) is 36.5 Å². The second-order valence-electron chi connectivity index (χ2n) is 3.28. The first-order valence-corrected chi connectivity index (χ1v) is 4.63. The van der Waals surface area contributed by atoms with Gasteiger partial charge < -0.3 is 0 Å². The summed E-state index contributed by atoms with van der Waals surface area (Å²) >= 11 is 0. The minimum absolute atomic E-state index is 0.242. The molecule has 0 bridgehead atoms. The maximum atomic E-state index is 12.8. The third kappa shape index (κ3) is 2.58. The standard InChI is InChI=1S/C11H6F4N2/c12-10-3-1-2-8(17-10)7-4-5-9(16-6-7)11(13,14)15/h1-6H. The molecule has 0 aliphatic heterocycles. The van der Waals surface area contributed by atoms with E-state index in [9.17, 15) is 17.6 Å². The Morgan fingerprint density at radius 1 is 1.00 bits per heavy atom. The normalized spacial score (nSPS) is 11.5. The molecule has 0 spiro atoms. The monoisotopic (exact) mass is 242 g/mol. The zero-order chi connectivity index (χ0) is 12.5. The fraction of sp³-hybridized carbons (Fsp3) is 0.0909. The van der Waals surface area contributed by atoms with E-state index >= 15 is 0 Å². The molecule has 2 aromatic rings. The van der Waals surface area contributed by atoms with Gasteiger partial charge in [-0.2, -0.15) is 17.6 Å². The first-order valence-electron chi connectivity index (χ1n) is 4.63. The summed E-state index contributed by atoms with van der Waals surface area (Å²) in [5.74, 6) is -0.692. The van der Waals surface area contributed by atoms with E-state index < -0.39 is 17.8 Å². The van der Waals surface area contributed by atoms with E-state index in [1.165, 1.54) is 18.2 Å². The molecule has 6 heteroatoms. The Labute approximate surface area is 94.0 Å². The summed E-state index contributed by atoms with van der Waals surface area (Å²) in [5, 5.41) is 0. The number of rotatable bonds is 1. The molecule has 2 aromatic heterocycles. The number of nitrogens with zero attached hydrogens (tertiary/aromatic N) is 2. The molecule has 0 N–H and O–H groups in total. The average Bonchev–Trinajstić information content (AvgIpc) is 2.28. The summed E-state index contributed by atoms with van der Waals surface area (Å²) in [4.78, 5) is 6.82. The van der Waals surface area contributed by atoms with Gasteiger partial charge in [0.15, 0.2) is 0 Å². The highest BCUT2D eigenvalue weighted by molar-refractivity contribution is 5.57. The van der Waals surface area contributed by atoms with Crippen LogP contribution >= 0.6 is 0 Å². The molecule has 0 saturated heterocycles. The Kier molecular flexibility index (Phi) is 2.79. The highest BCUT2D eigenvalue weighted by Gasteiger charge is 2.32. The van der Waals surface area contributed by atoms with Crippen LogP contribution in [0.25, 0.3) is 11.3 Å². The lowest BCUT2D eigenvalue weighted by Gasteiger charge is -2.06.